The van der Waals surface area contributed by atoms with E-state index in [1.54, 1.807) is 25.1 Å². The van der Waals surface area contributed by atoms with Gasteiger partial charge in [0, 0.05) is 30.7 Å². The number of carbonyl (C=O) groups excluding carboxylic acids is 1. The second kappa shape index (κ2) is 9.05. The maximum Gasteiger partial charge on any atom is 0.242 e. The molecular weight excluding hydrogens is 358 g/mol. The lowest BCUT2D eigenvalue weighted by molar-refractivity contribution is -0.122. The van der Waals surface area contributed by atoms with E-state index in [4.69, 9.17) is 9.47 Å². The van der Waals surface area contributed by atoms with Gasteiger partial charge in [0.2, 0.25) is 5.91 Å². The molecule has 1 aliphatic heterocycles. The fourth-order valence-corrected chi connectivity index (χ4v) is 3.48. The minimum absolute atomic E-state index is 0.0354. The number of aromatic nitrogens is 3. The average Bonchev–Trinajstić information content (AvgIpc) is 3.16. The number of nitrogens with one attached hydrogen (secondary N) is 1. The van der Waals surface area contributed by atoms with E-state index in [1.807, 2.05) is 18.2 Å². The van der Waals surface area contributed by atoms with Crippen LogP contribution in [0.1, 0.15) is 26.7 Å². The van der Waals surface area contributed by atoms with Gasteiger partial charge in [0.05, 0.1) is 20.4 Å². The number of nitrogens with zero attached hydrogens (tertiary/aromatic N) is 4. The Kier molecular flexibility index (Phi) is 6.51. The normalized spacial score (nSPS) is 15.6. The molecule has 28 heavy (non-hydrogen) atoms. The molecular formula is C20H29N5O3. The van der Waals surface area contributed by atoms with Gasteiger partial charge in [-0.1, -0.05) is 5.21 Å². The second-order valence-electron chi connectivity index (χ2n) is 7.34. The predicted molar refractivity (Wildman–Crippen MR) is 106 cm³/mol. The molecule has 1 aliphatic rings. The maximum absolute atomic E-state index is 12.4. The Hall–Kier alpha value is -2.61. The summed E-state index contributed by atoms with van der Waals surface area (Å²) >= 11 is 0. The third-order valence-corrected chi connectivity index (χ3v) is 5.15. The van der Waals surface area contributed by atoms with Crippen molar-refractivity contribution in [2.24, 2.45) is 0 Å². The molecule has 8 nitrogen and oxygen atoms in total. The molecule has 0 radical (unpaired) electrons. The summed E-state index contributed by atoms with van der Waals surface area (Å²) in [4.78, 5) is 14.8. The van der Waals surface area contributed by atoms with Crippen LogP contribution in [0.2, 0.25) is 0 Å². The minimum atomic E-state index is -0.0354. The lowest BCUT2D eigenvalue weighted by Crippen LogP contribution is -2.47. The number of ether oxygens (including phenoxy) is 2. The molecule has 0 atom stereocenters. The molecule has 1 N–H and O–H groups in total. The van der Waals surface area contributed by atoms with Crippen molar-refractivity contribution in [2.45, 2.75) is 45.3 Å². The van der Waals surface area contributed by atoms with E-state index in [0.29, 0.717) is 23.2 Å². The van der Waals surface area contributed by atoms with Crippen LogP contribution < -0.4 is 14.8 Å². The van der Waals surface area contributed by atoms with Crippen LogP contribution in [-0.2, 0) is 11.3 Å². The van der Waals surface area contributed by atoms with E-state index >= 15 is 0 Å². The average molecular weight is 387 g/mol. The fraction of sp³-hybridized carbons (Fsp3) is 0.550. The first-order chi connectivity index (χ1) is 13.5. The molecule has 152 valence electrons. The number of likely N-dealkylation sites (tertiary alicyclic amines) is 1. The van der Waals surface area contributed by atoms with Gasteiger partial charge < -0.3 is 19.7 Å². The molecule has 0 unspecified atom stereocenters. The van der Waals surface area contributed by atoms with Crippen LogP contribution in [0.5, 0.6) is 11.5 Å². The molecule has 0 spiro atoms. The Morgan fingerprint density at radius 2 is 1.93 bits per heavy atom. The van der Waals surface area contributed by atoms with Crippen molar-refractivity contribution in [3.05, 3.63) is 24.4 Å². The van der Waals surface area contributed by atoms with E-state index in [-0.39, 0.29) is 18.5 Å². The number of piperidine rings is 1. The number of hydrogen-bond donors (Lipinski definition) is 1. The Labute approximate surface area is 165 Å². The van der Waals surface area contributed by atoms with Crippen LogP contribution >= 0.6 is 0 Å². The Balaban J connectivity index is 1.57. The van der Waals surface area contributed by atoms with E-state index in [1.165, 1.54) is 0 Å². The number of rotatable bonds is 7. The van der Waals surface area contributed by atoms with Crippen LogP contribution in [0.3, 0.4) is 0 Å². The Morgan fingerprint density at radius 1 is 1.21 bits per heavy atom. The van der Waals surface area contributed by atoms with E-state index < -0.39 is 0 Å². The van der Waals surface area contributed by atoms with Crippen LogP contribution in [0.25, 0.3) is 11.3 Å². The van der Waals surface area contributed by atoms with E-state index in [9.17, 15) is 4.79 Å². The SMILES string of the molecule is COc1ccc(-c2cn(CC(=O)NC3CCN(C(C)C)CC3)nn2)cc1OC. The number of hydrogen-bond acceptors (Lipinski definition) is 6. The van der Waals surface area contributed by atoms with Crippen LogP contribution in [-0.4, -0.2) is 65.2 Å². The molecule has 3 rings (SSSR count). The Morgan fingerprint density at radius 3 is 2.57 bits per heavy atom. The molecule has 8 heteroatoms. The summed E-state index contributed by atoms with van der Waals surface area (Å²) in [5, 5.41) is 11.4. The lowest BCUT2D eigenvalue weighted by atomic mass is 10.0. The first-order valence-electron chi connectivity index (χ1n) is 9.66. The molecule has 0 bridgehead atoms. The summed E-state index contributed by atoms with van der Waals surface area (Å²) in [6.45, 7) is 6.62. The zero-order valence-electron chi connectivity index (χ0n) is 17.0. The van der Waals surface area contributed by atoms with Crippen LogP contribution in [0.4, 0.5) is 0 Å². The monoisotopic (exact) mass is 387 g/mol. The summed E-state index contributed by atoms with van der Waals surface area (Å²) in [5.41, 5.74) is 1.53. The highest BCUT2D eigenvalue weighted by molar-refractivity contribution is 5.76. The summed E-state index contributed by atoms with van der Waals surface area (Å²) < 4.78 is 12.1. The highest BCUT2D eigenvalue weighted by Crippen LogP contribution is 2.31. The number of amides is 1. The van der Waals surface area contributed by atoms with E-state index in [0.717, 1.165) is 31.5 Å². The van der Waals surface area contributed by atoms with Crippen LogP contribution in [0, 0.1) is 0 Å². The van der Waals surface area contributed by atoms with Crippen molar-refractivity contribution in [2.75, 3.05) is 27.3 Å². The summed E-state index contributed by atoms with van der Waals surface area (Å²) in [7, 11) is 3.19. The van der Waals surface area contributed by atoms with Gasteiger partial charge in [-0.15, -0.1) is 5.10 Å². The fourth-order valence-electron chi connectivity index (χ4n) is 3.48. The van der Waals surface area contributed by atoms with Crippen LogP contribution in [0.15, 0.2) is 24.4 Å². The predicted octanol–water partition coefficient (Wildman–Crippen LogP) is 1.95. The molecule has 1 aromatic heterocycles. The highest BCUT2D eigenvalue weighted by Gasteiger charge is 2.22. The molecule has 0 saturated carbocycles. The molecule has 1 fully saturated rings. The minimum Gasteiger partial charge on any atom is -0.493 e. The summed E-state index contributed by atoms with van der Waals surface area (Å²) in [5.74, 6) is 1.24. The topological polar surface area (TPSA) is 81.5 Å². The van der Waals surface area contributed by atoms with Gasteiger partial charge in [-0.25, -0.2) is 4.68 Å². The molecule has 1 amide bonds. The van der Waals surface area contributed by atoms with Crippen molar-refractivity contribution in [3.8, 4) is 22.8 Å². The zero-order chi connectivity index (χ0) is 20.1. The first kappa shape index (κ1) is 20.1. The third-order valence-electron chi connectivity index (χ3n) is 5.15. The zero-order valence-corrected chi connectivity index (χ0v) is 17.0. The van der Waals surface area contributed by atoms with Crippen molar-refractivity contribution in [3.63, 3.8) is 0 Å². The standard InChI is InChI=1S/C20H29N5O3/c1-14(2)24-9-7-16(8-10-24)21-20(26)13-25-12-17(22-23-25)15-5-6-18(27-3)19(11-15)28-4/h5-6,11-12,14,16H,7-10,13H2,1-4H3,(H,21,26). The quantitative estimate of drug-likeness (QED) is 0.782. The third kappa shape index (κ3) is 4.81. The van der Waals surface area contributed by atoms with Gasteiger partial charge >= 0.3 is 0 Å². The maximum atomic E-state index is 12.4. The van der Waals surface area contributed by atoms with Gasteiger partial charge in [-0.05, 0) is 44.9 Å². The first-order valence-corrected chi connectivity index (χ1v) is 9.66. The molecule has 1 saturated heterocycles. The smallest absolute Gasteiger partial charge is 0.242 e. The molecule has 2 aromatic rings. The number of carbonyl (C=O) groups is 1. The van der Waals surface area contributed by atoms with Crippen molar-refractivity contribution in [1.29, 1.82) is 0 Å². The summed E-state index contributed by atoms with van der Waals surface area (Å²) in [6, 6.07) is 6.34. The van der Waals surface area contributed by atoms with Gasteiger partial charge in [-0.2, -0.15) is 0 Å². The van der Waals surface area contributed by atoms with Gasteiger partial charge in [0.15, 0.2) is 11.5 Å². The van der Waals surface area contributed by atoms with Gasteiger partial charge in [0.1, 0.15) is 12.2 Å². The molecule has 2 heterocycles. The van der Waals surface area contributed by atoms with Crippen molar-refractivity contribution >= 4 is 5.91 Å². The number of benzene rings is 1. The molecule has 0 aliphatic carbocycles. The van der Waals surface area contributed by atoms with E-state index in [2.05, 4.69) is 34.4 Å². The van der Waals surface area contributed by atoms with Gasteiger partial charge in [-0.3, -0.25) is 4.79 Å². The largest absolute Gasteiger partial charge is 0.493 e. The second-order valence-corrected chi connectivity index (χ2v) is 7.34. The van der Waals surface area contributed by atoms with Gasteiger partial charge in [0.25, 0.3) is 0 Å². The molecule has 1 aromatic carbocycles. The van der Waals surface area contributed by atoms with Crippen molar-refractivity contribution < 1.29 is 14.3 Å². The number of methoxy groups -OCH3 is 2. The Bertz CT molecular complexity index is 797. The van der Waals surface area contributed by atoms with Crippen molar-refractivity contribution in [1.82, 2.24) is 25.2 Å². The summed E-state index contributed by atoms with van der Waals surface area (Å²) in [6.07, 6.45) is 3.73. The lowest BCUT2D eigenvalue weighted by Gasteiger charge is -2.34. The highest BCUT2D eigenvalue weighted by atomic mass is 16.5.